The van der Waals surface area contributed by atoms with Gasteiger partial charge in [-0.15, -0.1) is 11.3 Å². The first-order valence-electron chi connectivity index (χ1n) is 6.55. The topological polar surface area (TPSA) is 67.3 Å². The van der Waals surface area contributed by atoms with Crippen molar-refractivity contribution in [3.8, 4) is 0 Å². The van der Waals surface area contributed by atoms with Crippen molar-refractivity contribution in [1.29, 1.82) is 0 Å². The highest BCUT2D eigenvalue weighted by atomic mass is 35.5. The van der Waals surface area contributed by atoms with Gasteiger partial charge in [0.25, 0.3) is 0 Å². The van der Waals surface area contributed by atoms with Gasteiger partial charge in [0.15, 0.2) is 0 Å². The number of aromatic nitrogens is 4. The fraction of sp³-hybridized carbons (Fsp3) is 0.500. The molecule has 21 heavy (non-hydrogen) atoms. The van der Waals surface area contributed by atoms with Gasteiger partial charge >= 0.3 is 0 Å². The van der Waals surface area contributed by atoms with E-state index in [4.69, 9.17) is 16.3 Å². The fourth-order valence-corrected chi connectivity index (χ4v) is 2.74. The van der Waals surface area contributed by atoms with Gasteiger partial charge in [0.05, 0.1) is 31.0 Å². The lowest BCUT2D eigenvalue weighted by Crippen LogP contribution is -2.37. The Morgan fingerprint density at radius 3 is 2.86 bits per heavy atom. The molecular weight excluding hydrogens is 312 g/mol. The molecule has 0 N–H and O–H groups in total. The molecule has 0 saturated carbocycles. The van der Waals surface area contributed by atoms with Gasteiger partial charge in [-0.3, -0.25) is 0 Å². The summed E-state index contributed by atoms with van der Waals surface area (Å²) in [6, 6.07) is 0. The molecule has 2 aromatic heterocycles. The first-order chi connectivity index (χ1) is 10.2. The summed E-state index contributed by atoms with van der Waals surface area (Å²) in [5.41, 5.74) is 2.79. The highest BCUT2D eigenvalue weighted by molar-refractivity contribution is 7.07. The van der Waals surface area contributed by atoms with Crippen molar-refractivity contribution in [3.63, 3.8) is 0 Å². The van der Waals surface area contributed by atoms with E-state index in [2.05, 4.69) is 24.8 Å². The minimum absolute atomic E-state index is 0.201. The second kappa shape index (κ2) is 6.50. The van der Waals surface area contributed by atoms with Crippen LogP contribution in [0.1, 0.15) is 5.69 Å². The van der Waals surface area contributed by atoms with Crippen LogP contribution in [0.5, 0.6) is 0 Å². The molecule has 0 radical (unpaired) electrons. The third kappa shape index (κ3) is 3.58. The molecule has 0 bridgehead atoms. The number of anilines is 2. The highest BCUT2D eigenvalue weighted by Gasteiger charge is 2.17. The van der Waals surface area contributed by atoms with Crippen LogP contribution >= 0.6 is 22.9 Å². The van der Waals surface area contributed by atoms with E-state index >= 15 is 0 Å². The van der Waals surface area contributed by atoms with Crippen LogP contribution in [0, 0.1) is 0 Å². The summed E-state index contributed by atoms with van der Waals surface area (Å²) in [5, 5.41) is 2.20. The van der Waals surface area contributed by atoms with E-state index in [9.17, 15) is 0 Å². The zero-order valence-electron chi connectivity index (χ0n) is 11.6. The number of rotatable bonds is 4. The van der Waals surface area contributed by atoms with E-state index in [0.717, 1.165) is 18.8 Å². The highest BCUT2D eigenvalue weighted by Crippen LogP contribution is 2.18. The third-order valence-corrected chi connectivity index (χ3v) is 3.91. The van der Waals surface area contributed by atoms with Gasteiger partial charge in [0.1, 0.15) is 0 Å². The van der Waals surface area contributed by atoms with Crippen LogP contribution in [-0.2, 0) is 11.3 Å². The number of ether oxygens (including phenoxy) is 1. The monoisotopic (exact) mass is 326 g/mol. The lowest BCUT2D eigenvalue weighted by Gasteiger charge is -2.27. The molecule has 0 amide bonds. The van der Waals surface area contributed by atoms with Crippen LogP contribution in [0.15, 0.2) is 10.9 Å². The smallest absolute Gasteiger partial charge is 0.231 e. The van der Waals surface area contributed by atoms with Crippen LogP contribution in [0.2, 0.25) is 5.28 Å². The molecule has 3 heterocycles. The Morgan fingerprint density at radius 2 is 2.14 bits per heavy atom. The van der Waals surface area contributed by atoms with Gasteiger partial charge in [-0.2, -0.15) is 15.0 Å². The minimum Gasteiger partial charge on any atom is -0.378 e. The number of hydrogen-bond acceptors (Lipinski definition) is 8. The summed E-state index contributed by atoms with van der Waals surface area (Å²) in [4.78, 5) is 21.1. The van der Waals surface area contributed by atoms with Crippen molar-refractivity contribution in [2.24, 2.45) is 0 Å². The second-order valence-corrected chi connectivity index (χ2v) is 5.70. The quantitative estimate of drug-likeness (QED) is 0.842. The molecule has 1 aliphatic rings. The SMILES string of the molecule is CN(Cc1cscn1)c1nc(Cl)nc(N2CCOCC2)n1. The van der Waals surface area contributed by atoms with Crippen molar-refractivity contribution in [2.75, 3.05) is 43.2 Å². The lowest BCUT2D eigenvalue weighted by molar-refractivity contribution is 0.122. The van der Waals surface area contributed by atoms with Gasteiger partial charge in [0, 0.05) is 25.5 Å². The lowest BCUT2D eigenvalue weighted by atomic mass is 10.4. The zero-order valence-corrected chi connectivity index (χ0v) is 13.1. The molecule has 1 fully saturated rings. The van der Waals surface area contributed by atoms with Crippen LogP contribution in [0.25, 0.3) is 0 Å². The van der Waals surface area contributed by atoms with Crippen LogP contribution in [0.4, 0.5) is 11.9 Å². The first-order valence-corrected chi connectivity index (χ1v) is 7.87. The summed E-state index contributed by atoms with van der Waals surface area (Å²) in [7, 11) is 1.91. The van der Waals surface area contributed by atoms with Crippen LogP contribution in [-0.4, -0.2) is 53.3 Å². The molecule has 7 nitrogen and oxygen atoms in total. The number of nitrogens with zero attached hydrogens (tertiary/aromatic N) is 6. The maximum absolute atomic E-state index is 6.03. The Labute approximate surface area is 131 Å². The number of halogens is 1. The summed E-state index contributed by atoms with van der Waals surface area (Å²) < 4.78 is 5.34. The van der Waals surface area contributed by atoms with Crippen molar-refractivity contribution >= 4 is 34.8 Å². The van der Waals surface area contributed by atoms with Crippen molar-refractivity contribution in [1.82, 2.24) is 19.9 Å². The van der Waals surface area contributed by atoms with E-state index in [1.807, 2.05) is 22.8 Å². The van der Waals surface area contributed by atoms with Gasteiger partial charge in [-0.1, -0.05) is 0 Å². The minimum atomic E-state index is 0.201. The third-order valence-electron chi connectivity index (χ3n) is 3.10. The van der Waals surface area contributed by atoms with Crippen LogP contribution < -0.4 is 9.80 Å². The summed E-state index contributed by atoms with van der Waals surface area (Å²) >= 11 is 7.60. The average Bonchev–Trinajstić information content (AvgIpc) is 3.00. The maximum Gasteiger partial charge on any atom is 0.231 e. The Balaban J connectivity index is 1.79. The van der Waals surface area contributed by atoms with E-state index in [1.54, 1.807) is 11.3 Å². The molecule has 0 unspecified atom stereocenters. The average molecular weight is 327 g/mol. The number of morpholine rings is 1. The van der Waals surface area contributed by atoms with Crippen molar-refractivity contribution in [3.05, 3.63) is 21.9 Å². The standard InChI is InChI=1S/C12H15ClN6OS/c1-18(6-9-7-21-8-14-9)11-15-10(13)16-12(17-11)19-2-4-20-5-3-19/h7-8H,2-6H2,1H3. The molecule has 2 aromatic rings. The zero-order chi connectivity index (χ0) is 14.7. The Hall–Kier alpha value is -1.51. The summed E-state index contributed by atoms with van der Waals surface area (Å²) in [6.07, 6.45) is 0. The molecule has 0 atom stereocenters. The summed E-state index contributed by atoms with van der Waals surface area (Å²) in [5.74, 6) is 1.14. The van der Waals surface area contributed by atoms with E-state index in [-0.39, 0.29) is 5.28 Å². The van der Waals surface area contributed by atoms with Gasteiger partial charge in [0.2, 0.25) is 17.2 Å². The van der Waals surface area contributed by atoms with E-state index in [0.29, 0.717) is 31.7 Å². The predicted octanol–water partition coefficient (Wildman–Crippen LogP) is 1.45. The Kier molecular flexibility index (Phi) is 4.47. The van der Waals surface area contributed by atoms with E-state index < -0.39 is 0 Å². The molecule has 1 saturated heterocycles. The van der Waals surface area contributed by atoms with Crippen molar-refractivity contribution < 1.29 is 4.74 Å². The second-order valence-electron chi connectivity index (χ2n) is 4.64. The van der Waals surface area contributed by atoms with Gasteiger partial charge in [-0.05, 0) is 11.6 Å². The maximum atomic E-state index is 6.03. The largest absolute Gasteiger partial charge is 0.378 e. The van der Waals surface area contributed by atoms with Gasteiger partial charge in [-0.25, -0.2) is 4.98 Å². The Morgan fingerprint density at radius 1 is 1.33 bits per heavy atom. The van der Waals surface area contributed by atoms with Gasteiger partial charge < -0.3 is 14.5 Å². The fourth-order valence-electron chi connectivity index (χ4n) is 2.03. The number of hydrogen-bond donors (Lipinski definition) is 0. The first kappa shape index (κ1) is 14.4. The molecular formula is C12H15ClN6OS. The molecule has 3 rings (SSSR count). The number of thiazole rings is 1. The van der Waals surface area contributed by atoms with Crippen LogP contribution in [0.3, 0.4) is 0 Å². The molecule has 1 aliphatic heterocycles. The normalized spacial score (nSPS) is 15.2. The molecule has 0 aliphatic carbocycles. The molecule has 0 spiro atoms. The predicted molar refractivity (Wildman–Crippen MR) is 82.1 cm³/mol. The van der Waals surface area contributed by atoms with E-state index in [1.165, 1.54) is 0 Å². The van der Waals surface area contributed by atoms with Crippen molar-refractivity contribution in [2.45, 2.75) is 6.54 Å². The molecule has 112 valence electrons. The Bertz CT molecular complexity index is 589. The molecule has 0 aromatic carbocycles. The molecule has 9 heteroatoms. The summed E-state index contributed by atoms with van der Waals surface area (Å²) in [6.45, 7) is 3.50.